The Morgan fingerprint density at radius 2 is 2.23 bits per heavy atom. The summed E-state index contributed by atoms with van der Waals surface area (Å²) in [6.07, 6.45) is 1.05. The zero-order chi connectivity index (χ0) is 18.4. The first-order valence-electron chi connectivity index (χ1n) is 8.35. The molecule has 2 heterocycles. The van der Waals surface area contributed by atoms with E-state index in [0.717, 1.165) is 5.39 Å². The van der Waals surface area contributed by atoms with Crippen molar-refractivity contribution < 1.29 is 23.5 Å². The maximum absolute atomic E-state index is 13.5. The molecule has 1 saturated carbocycles. The predicted molar refractivity (Wildman–Crippen MR) is 90.7 cm³/mol. The minimum atomic E-state index is -1.03. The van der Waals surface area contributed by atoms with E-state index >= 15 is 0 Å². The van der Waals surface area contributed by atoms with Gasteiger partial charge in [-0.2, -0.15) is 0 Å². The van der Waals surface area contributed by atoms with Gasteiger partial charge in [-0.3, -0.25) is 9.59 Å². The molecule has 4 rings (SSSR count). The Morgan fingerprint density at radius 1 is 1.42 bits per heavy atom. The molecule has 1 aromatic carbocycles. The van der Waals surface area contributed by atoms with Crippen LogP contribution >= 0.6 is 0 Å². The van der Waals surface area contributed by atoms with Crippen molar-refractivity contribution in [2.45, 2.75) is 18.6 Å². The van der Waals surface area contributed by atoms with E-state index in [9.17, 15) is 14.0 Å². The van der Waals surface area contributed by atoms with Crippen LogP contribution < -0.4 is 20.5 Å². The molecule has 3 N–H and O–H groups in total. The highest BCUT2D eigenvalue weighted by molar-refractivity contribution is 6.01. The highest BCUT2D eigenvalue weighted by Gasteiger charge is 2.64. The van der Waals surface area contributed by atoms with Gasteiger partial charge in [0.05, 0.1) is 25.2 Å². The molecule has 1 aromatic heterocycles. The van der Waals surface area contributed by atoms with E-state index in [2.05, 4.69) is 10.3 Å². The Kier molecular flexibility index (Phi) is 3.90. The minimum Gasteiger partial charge on any atom is -0.496 e. The highest BCUT2D eigenvalue weighted by Crippen LogP contribution is 2.49. The van der Waals surface area contributed by atoms with Gasteiger partial charge in [0.25, 0.3) is 5.91 Å². The third kappa shape index (κ3) is 2.61. The van der Waals surface area contributed by atoms with Gasteiger partial charge in [-0.15, -0.1) is 0 Å². The number of nitrogens with one attached hydrogen (secondary N) is 1. The smallest absolute Gasteiger partial charge is 0.252 e. The number of benzene rings is 1. The number of pyridine rings is 1. The second-order valence-electron chi connectivity index (χ2n) is 6.55. The summed E-state index contributed by atoms with van der Waals surface area (Å²) in [5, 5.41) is 4.21. The molecule has 26 heavy (non-hydrogen) atoms. The number of amides is 2. The standard InChI is InChI=1S/C18H18FN3O4/c1-25-12-7-9-8(6-10(12)16(20)23)2-4-21-18(9)26-5-3-11-13-14(15(13)19)17(24)22-11/h2,4,6-7,11,13-15H,3,5H2,1H3,(H2,20,23)(H,22,24)/t11-,13-,14+,15-/m1/s1. The minimum absolute atomic E-state index is 0.200. The summed E-state index contributed by atoms with van der Waals surface area (Å²) in [6.45, 7) is 0.285. The Hall–Kier alpha value is -2.90. The molecule has 2 aromatic rings. The molecule has 4 atom stereocenters. The normalized spacial score (nSPS) is 26.3. The number of nitrogens with two attached hydrogens (primary N) is 1. The number of methoxy groups -OCH3 is 1. The zero-order valence-corrected chi connectivity index (χ0v) is 14.1. The Bertz CT molecular complexity index is 903. The van der Waals surface area contributed by atoms with E-state index in [4.69, 9.17) is 15.2 Å². The first kappa shape index (κ1) is 16.6. The molecule has 1 aliphatic carbocycles. The Morgan fingerprint density at radius 3 is 2.88 bits per heavy atom. The summed E-state index contributed by atoms with van der Waals surface area (Å²) in [5.41, 5.74) is 5.66. The van der Waals surface area contributed by atoms with E-state index in [0.29, 0.717) is 23.4 Å². The van der Waals surface area contributed by atoms with Gasteiger partial charge in [-0.05, 0) is 23.6 Å². The number of hydrogen-bond acceptors (Lipinski definition) is 5. The summed E-state index contributed by atoms with van der Waals surface area (Å²) < 4.78 is 24.5. The number of ether oxygens (including phenoxy) is 2. The van der Waals surface area contributed by atoms with Crippen molar-refractivity contribution in [3.8, 4) is 11.6 Å². The highest BCUT2D eigenvalue weighted by atomic mass is 19.1. The lowest BCUT2D eigenvalue weighted by Crippen LogP contribution is -2.34. The van der Waals surface area contributed by atoms with Crippen LogP contribution in [0.5, 0.6) is 11.6 Å². The number of alkyl halides is 1. The topological polar surface area (TPSA) is 104 Å². The van der Waals surface area contributed by atoms with Gasteiger partial charge >= 0.3 is 0 Å². The van der Waals surface area contributed by atoms with Crippen LogP contribution in [0.3, 0.4) is 0 Å². The van der Waals surface area contributed by atoms with Crippen molar-refractivity contribution >= 4 is 22.6 Å². The first-order chi connectivity index (χ1) is 12.5. The summed E-state index contributed by atoms with van der Waals surface area (Å²) in [5.74, 6) is -0.784. The fraction of sp³-hybridized carbons (Fsp3) is 0.389. The van der Waals surface area contributed by atoms with Crippen LogP contribution in [0.25, 0.3) is 10.8 Å². The van der Waals surface area contributed by atoms with Gasteiger partial charge in [-0.25, -0.2) is 9.37 Å². The number of aromatic nitrogens is 1. The lowest BCUT2D eigenvalue weighted by atomic mass is 10.1. The molecule has 8 heteroatoms. The van der Waals surface area contributed by atoms with Crippen molar-refractivity contribution in [1.82, 2.24) is 10.3 Å². The lowest BCUT2D eigenvalue weighted by molar-refractivity contribution is -0.121. The van der Waals surface area contributed by atoms with E-state index in [1.165, 1.54) is 7.11 Å². The van der Waals surface area contributed by atoms with E-state index in [1.807, 2.05) is 0 Å². The van der Waals surface area contributed by atoms with Gasteiger partial charge < -0.3 is 20.5 Å². The summed E-state index contributed by atoms with van der Waals surface area (Å²) in [6, 6.07) is 4.83. The average molecular weight is 359 g/mol. The largest absolute Gasteiger partial charge is 0.496 e. The number of carbonyl (C=O) groups is 2. The van der Waals surface area contributed by atoms with Gasteiger partial charge in [0, 0.05) is 30.0 Å². The van der Waals surface area contributed by atoms with Gasteiger partial charge in [0.1, 0.15) is 11.9 Å². The number of halogens is 1. The maximum atomic E-state index is 13.5. The fourth-order valence-electron chi connectivity index (χ4n) is 3.66. The monoisotopic (exact) mass is 359 g/mol. The second kappa shape index (κ2) is 6.12. The van der Waals surface area contributed by atoms with Crippen molar-refractivity contribution in [2.24, 2.45) is 17.6 Å². The summed E-state index contributed by atoms with van der Waals surface area (Å²) in [4.78, 5) is 27.3. The van der Waals surface area contributed by atoms with Gasteiger partial charge in [0.2, 0.25) is 11.8 Å². The molecular weight excluding hydrogens is 341 g/mol. The lowest BCUT2D eigenvalue weighted by Gasteiger charge is -2.15. The van der Waals surface area contributed by atoms with Crippen LogP contribution in [-0.4, -0.2) is 42.7 Å². The van der Waals surface area contributed by atoms with Crippen molar-refractivity contribution in [2.75, 3.05) is 13.7 Å². The molecule has 136 valence electrons. The molecule has 2 amide bonds. The van der Waals surface area contributed by atoms with Crippen LogP contribution in [0, 0.1) is 11.8 Å². The van der Waals surface area contributed by atoms with Crippen LogP contribution in [0.15, 0.2) is 24.4 Å². The second-order valence-corrected chi connectivity index (χ2v) is 6.55. The maximum Gasteiger partial charge on any atom is 0.252 e. The number of nitrogens with zero attached hydrogens (tertiary/aromatic N) is 1. The number of piperidine rings is 1. The summed E-state index contributed by atoms with van der Waals surface area (Å²) >= 11 is 0. The number of rotatable bonds is 6. The molecular formula is C18H18FN3O4. The van der Waals surface area contributed by atoms with Crippen LogP contribution in [0.2, 0.25) is 0 Å². The van der Waals surface area contributed by atoms with Crippen LogP contribution in [0.1, 0.15) is 16.8 Å². The summed E-state index contributed by atoms with van der Waals surface area (Å²) in [7, 11) is 1.45. The molecule has 0 bridgehead atoms. The van der Waals surface area contributed by atoms with Gasteiger partial charge in [0.15, 0.2) is 0 Å². The molecule has 2 aliphatic rings. The number of hydrogen-bond donors (Lipinski definition) is 2. The van der Waals surface area contributed by atoms with Gasteiger partial charge in [-0.1, -0.05) is 0 Å². The predicted octanol–water partition coefficient (Wildman–Crippen LogP) is 1.19. The molecule has 1 aliphatic heterocycles. The third-order valence-corrected chi connectivity index (χ3v) is 5.06. The molecule has 2 fully saturated rings. The number of primary amides is 1. The SMILES string of the molecule is COc1cc2c(OCC[C@H]3NC(=O)[C@@H]4[C@H](F)[C@@H]43)nccc2cc1C(N)=O. The Balaban J connectivity index is 1.51. The van der Waals surface area contributed by atoms with Crippen LogP contribution in [-0.2, 0) is 4.79 Å². The first-order valence-corrected chi connectivity index (χ1v) is 8.35. The van der Waals surface area contributed by atoms with Crippen molar-refractivity contribution in [3.05, 3.63) is 30.0 Å². The molecule has 0 unspecified atom stereocenters. The Labute approximate surface area is 148 Å². The molecule has 0 radical (unpaired) electrons. The zero-order valence-electron chi connectivity index (χ0n) is 14.1. The quantitative estimate of drug-likeness (QED) is 0.806. The molecule has 7 nitrogen and oxygen atoms in total. The van der Waals surface area contributed by atoms with E-state index < -0.39 is 18.0 Å². The van der Waals surface area contributed by atoms with Crippen molar-refractivity contribution in [3.63, 3.8) is 0 Å². The fourth-order valence-corrected chi connectivity index (χ4v) is 3.66. The third-order valence-electron chi connectivity index (χ3n) is 5.06. The van der Waals surface area contributed by atoms with Crippen molar-refractivity contribution in [1.29, 1.82) is 0 Å². The number of fused-ring (bicyclic) bond motifs is 2. The van der Waals surface area contributed by atoms with E-state index in [1.54, 1.807) is 24.4 Å². The van der Waals surface area contributed by atoms with E-state index in [-0.39, 0.29) is 30.0 Å². The molecule has 1 saturated heterocycles. The van der Waals surface area contributed by atoms with Crippen LogP contribution in [0.4, 0.5) is 4.39 Å². The molecule has 0 spiro atoms. The average Bonchev–Trinajstić information content (AvgIpc) is 3.18. The number of carbonyl (C=O) groups excluding carboxylic acids is 2.